The van der Waals surface area contributed by atoms with E-state index in [1.54, 1.807) is 0 Å². The Morgan fingerprint density at radius 3 is 1.35 bits per heavy atom. The van der Waals surface area contributed by atoms with Gasteiger partial charge in [0.2, 0.25) is 0 Å². The zero-order valence-corrected chi connectivity index (χ0v) is 41.9. The summed E-state index contributed by atoms with van der Waals surface area (Å²) in [4.78, 5) is 10.0. The van der Waals surface area contributed by atoms with Crippen LogP contribution in [0.25, 0.3) is 22.3 Å². The Morgan fingerprint density at radius 1 is 0.347 bits per heavy atom. The van der Waals surface area contributed by atoms with Gasteiger partial charge >= 0.3 is 0 Å². The number of anilines is 12. The zero-order valence-electron chi connectivity index (χ0n) is 41.9. The first kappa shape index (κ1) is 43.3. The summed E-state index contributed by atoms with van der Waals surface area (Å²) in [6, 6.07) is 96.7. The van der Waals surface area contributed by atoms with Gasteiger partial charge in [0.15, 0.2) is 0 Å². The maximum absolute atomic E-state index is 2.62. The van der Waals surface area contributed by atoms with Gasteiger partial charge in [-0.2, -0.15) is 0 Å². The smallest absolute Gasteiger partial charge is 0.252 e. The fourth-order valence-electron chi connectivity index (χ4n) is 13.2. The highest BCUT2D eigenvalue weighted by atomic mass is 15.2. The molecule has 354 valence electrons. The van der Waals surface area contributed by atoms with E-state index in [1.807, 2.05) is 0 Å². The lowest BCUT2D eigenvalue weighted by Crippen LogP contribution is -2.61. The fraction of sp³-hybridized carbons (Fsp3) is 0.0571. The maximum atomic E-state index is 2.62. The van der Waals surface area contributed by atoms with E-state index >= 15 is 0 Å². The molecule has 0 saturated carbocycles. The number of rotatable bonds is 8. The molecule has 0 spiro atoms. The highest BCUT2D eigenvalue weighted by Gasteiger charge is 2.46. The third-order valence-electron chi connectivity index (χ3n) is 16.4. The summed E-state index contributed by atoms with van der Waals surface area (Å²) in [5.41, 5.74) is 28.1. The molecule has 2 heterocycles. The molecule has 2 aliphatic heterocycles. The first-order valence-electron chi connectivity index (χ1n) is 26.3. The number of hydrogen-bond donors (Lipinski definition) is 0. The van der Waals surface area contributed by atoms with Gasteiger partial charge in [-0.15, -0.1) is 0 Å². The summed E-state index contributed by atoms with van der Waals surface area (Å²) < 4.78 is 0. The second kappa shape index (κ2) is 16.9. The van der Waals surface area contributed by atoms with Gasteiger partial charge in [-0.1, -0.05) is 178 Å². The Labute approximate surface area is 439 Å². The Kier molecular flexibility index (Phi) is 9.74. The molecule has 4 aliphatic rings. The molecule has 0 bridgehead atoms. The van der Waals surface area contributed by atoms with Crippen molar-refractivity contribution in [2.45, 2.75) is 25.7 Å². The van der Waals surface area contributed by atoms with Gasteiger partial charge in [-0.3, -0.25) is 0 Å². The van der Waals surface area contributed by atoms with Crippen LogP contribution in [0.2, 0.25) is 0 Å². The normalized spacial score (nSPS) is 13.7. The van der Waals surface area contributed by atoms with Crippen molar-refractivity contribution < 1.29 is 0 Å². The molecular formula is C70H51BN4. The monoisotopic (exact) mass is 958 g/mol. The molecule has 5 heteroatoms. The van der Waals surface area contributed by atoms with Crippen LogP contribution in [0.4, 0.5) is 68.2 Å². The predicted molar refractivity (Wildman–Crippen MR) is 316 cm³/mol. The summed E-state index contributed by atoms with van der Waals surface area (Å²) in [5, 5.41) is 0. The van der Waals surface area contributed by atoms with E-state index in [0.29, 0.717) is 0 Å². The number of benzene rings is 11. The van der Waals surface area contributed by atoms with E-state index in [1.165, 1.54) is 95.0 Å². The molecule has 75 heavy (non-hydrogen) atoms. The fourth-order valence-corrected chi connectivity index (χ4v) is 13.2. The van der Waals surface area contributed by atoms with Crippen molar-refractivity contribution in [2.24, 2.45) is 0 Å². The Hall–Kier alpha value is -9.32. The molecule has 0 radical (unpaired) electrons. The molecule has 0 amide bonds. The van der Waals surface area contributed by atoms with Gasteiger partial charge in [0, 0.05) is 74.3 Å². The second-order valence-corrected chi connectivity index (χ2v) is 20.8. The Balaban J connectivity index is 1.02. The highest BCUT2D eigenvalue weighted by molar-refractivity contribution is 7.00. The predicted octanol–water partition coefficient (Wildman–Crippen LogP) is 16.6. The van der Waals surface area contributed by atoms with Crippen LogP contribution in [0.1, 0.15) is 36.1 Å². The molecule has 4 nitrogen and oxygen atoms in total. The first-order valence-corrected chi connectivity index (χ1v) is 26.3. The van der Waals surface area contributed by atoms with Crippen molar-refractivity contribution in [3.63, 3.8) is 0 Å². The number of hydrogen-bond acceptors (Lipinski definition) is 4. The van der Waals surface area contributed by atoms with Crippen LogP contribution in [-0.4, -0.2) is 6.71 Å². The average Bonchev–Trinajstić information content (AvgIpc) is 3.98. The molecule has 0 fully saturated rings. The van der Waals surface area contributed by atoms with Gasteiger partial charge in [0.1, 0.15) is 0 Å². The van der Waals surface area contributed by atoms with E-state index < -0.39 is 0 Å². The standard InChI is InChI=1S/C70H51BN4/c1-70(2)58-34-18-17-32-56(58)68-59(70)35-20-37-63(68)75-65-39-21-38-64-69(65)71(61-43-41-53(46-67(61)75)73(50-27-11-5-12-28-50)51-29-13-6-14-30-51)60-42-40-52(72(48-23-7-3-8-24-48)49-25-9-4-10-26-49)45-66(60)74(64)62-36-19-33-55-54-31-16-15-22-47(54)44-57(55)62/h3-43,45-46H,44H2,1-2H3. The topological polar surface area (TPSA) is 13.0 Å². The summed E-state index contributed by atoms with van der Waals surface area (Å²) >= 11 is 0. The molecule has 0 atom stereocenters. The van der Waals surface area contributed by atoms with Gasteiger partial charge < -0.3 is 19.6 Å². The van der Waals surface area contributed by atoms with Crippen LogP contribution in [-0.2, 0) is 11.8 Å². The van der Waals surface area contributed by atoms with Gasteiger partial charge in [-0.05, 0) is 152 Å². The zero-order chi connectivity index (χ0) is 49.8. The van der Waals surface area contributed by atoms with Crippen molar-refractivity contribution in [1.82, 2.24) is 0 Å². The third kappa shape index (κ3) is 6.57. The number of nitrogens with zero attached hydrogens (tertiary/aromatic N) is 4. The van der Waals surface area contributed by atoms with E-state index in [0.717, 1.165) is 40.5 Å². The molecule has 2 aliphatic carbocycles. The van der Waals surface area contributed by atoms with E-state index in [2.05, 4.69) is 294 Å². The van der Waals surface area contributed by atoms with Crippen LogP contribution < -0.4 is 36.0 Å². The van der Waals surface area contributed by atoms with E-state index in [-0.39, 0.29) is 12.1 Å². The van der Waals surface area contributed by atoms with Crippen molar-refractivity contribution in [2.75, 3.05) is 19.6 Å². The average molecular weight is 959 g/mol. The lowest BCUT2D eigenvalue weighted by Gasteiger charge is -2.45. The lowest BCUT2D eigenvalue weighted by atomic mass is 9.33. The van der Waals surface area contributed by atoms with Gasteiger partial charge in [0.25, 0.3) is 6.71 Å². The molecule has 0 saturated heterocycles. The Bertz CT molecular complexity index is 3960. The van der Waals surface area contributed by atoms with Gasteiger partial charge in [-0.25, -0.2) is 0 Å². The van der Waals surface area contributed by atoms with Crippen molar-refractivity contribution >= 4 is 91.3 Å². The van der Waals surface area contributed by atoms with Gasteiger partial charge in [0.05, 0.1) is 11.4 Å². The minimum absolute atomic E-state index is 0.0879. The summed E-state index contributed by atoms with van der Waals surface area (Å²) in [5.74, 6) is 0. The lowest BCUT2D eigenvalue weighted by molar-refractivity contribution is 0.660. The SMILES string of the molecule is CC1(C)c2ccccc2-c2c(N3c4cc(N(c5ccccc5)c5ccccc5)ccc4B4c5ccc(N(c6ccccc6)c6ccccc6)cc5N(c5cccc6c5Cc5ccccc5-6)c5cccc3c54)cccc21. The number of fused-ring (bicyclic) bond motifs is 10. The van der Waals surface area contributed by atoms with Crippen molar-refractivity contribution in [3.05, 3.63) is 283 Å². The third-order valence-corrected chi connectivity index (χ3v) is 16.4. The summed E-state index contributed by atoms with van der Waals surface area (Å²) in [7, 11) is 0. The molecule has 0 unspecified atom stereocenters. The minimum atomic E-state index is -0.176. The maximum Gasteiger partial charge on any atom is 0.252 e. The van der Waals surface area contributed by atoms with E-state index in [4.69, 9.17) is 0 Å². The molecule has 0 aromatic heterocycles. The second-order valence-electron chi connectivity index (χ2n) is 20.8. The summed E-state index contributed by atoms with van der Waals surface area (Å²) in [6.07, 6.45) is 0.869. The van der Waals surface area contributed by atoms with E-state index in [9.17, 15) is 0 Å². The van der Waals surface area contributed by atoms with Crippen LogP contribution in [0, 0.1) is 0 Å². The molecule has 11 aromatic carbocycles. The molecule has 15 rings (SSSR count). The molecular weight excluding hydrogens is 908 g/mol. The van der Waals surface area contributed by atoms with Crippen molar-refractivity contribution in [3.8, 4) is 22.3 Å². The molecule has 0 N–H and O–H groups in total. The van der Waals surface area contributed by atoms with Crippen LogP contribution in [0.3, 0.4) is 0 Å². The Morgan fingerprint density at radius 2 is 0.773 bits per heavy atom. The number of para-hydroxylation sites is 4. The molecule has 11 aromatic rings. The minimum Gasteiger partial charge on any atom is -0.311 e. The van der Waals surface area contributed by atoms with Crippen LogP contribution >= 0.6 is 0 Å². The highest BCUT2D eigenvalue weighted by Crippen LogP contribution is 2.56. The quantitative estimate of drug-likeness (QED) is 0.141. The first-order chi connectivity index (χ1) is 37.0. The van der Waals surface area contributed by atoms with Crippen molar-refractivity contribution in [1.29, 1.82) is 0 Å². The van der Waals surface area contributed by atoms with Crippen LogP contribution in [0.5, 0.6) is 0 Å². The largest absolute Gasteiger partial charge is 0.311 e. The summed E-state index contributed by atoms with van der Waals surface area (Å²) in [6.45, 7) is 4.69. The van der Waals surface area contributed by atoms with Crippen LogP contribution in [0.15, 0.2) is 261 Å².